The monoisotopic (exact) mass is 257 g/mol. The molecule has 19 heavy (non-hydrogen) atoms. The molecule has 2 aromatic carbocycles. The Morgan fingerprint density at radius 1 is 0.895 bits per heavy atom. The van der Waals surface area contributed by atoms with Gasteiger partial charge in [0.2, 0.25) is 0 Å². The minimum atomic E-state index is -0.827. The molecule has 0 aliphatic heterocycles. The van der Waals surface area contributed by atoms with E-state index < -0.39 is 5.54 Å². The first-order chi connectivity index (χ1) is 8.82. The molecule has 1 unspecified atom stereocenters. The molecule has 0 heterocycles. The summed E-state index contributed by atoms with van der Waals surface area (Å²) in [6.45, 7) is 7.84. The molecule has 2 rings (SSSR count). The van der Waals surface area contributed by atoms with Crippen LogP contribution in [0.25, 0.3) is 0 Å². The van der Waals surface area contributed by atoms with E-state index in [1.165, 1.54) is 6.07 Å². The highest BCUT2D eigenvalue weighted by Gasteiger charge is 2.28. The van der Waals surface area contributed by atoms with Crippen LogP contribution in [0.15, 0.2) is 36.4 Å². The lowest BCUT2D eigenvalue weighted by molar-refractivity contribution is 0.528. The van der Waals surface area contributed by atoms with E-state index in [1.54, 1.807) is 6.07 Å². The smallest absolute Gasteiger partial charge is 0.128 e. The minimum Gasteiger partial charge on any atom is -0.318 e. The molecule has 2 N–H and O–H groups in total. The number of benzene rings is 2. The first-order valence-corrected chi connectivity index (χ1v) is 6.45. The predicted molar refractivity (Wildman–Crippen MR) is 77.7 cm³/mol. The molecule has 0 spiro atoms. The summed E-state index contributed by atoms with van der Waals surface area (Å²) in [4.78, 5) is 0. The zero-order valence-corrected chi connectivity index (χ0v) is 11.9. The topological polar surface area (TPSA) is 26.0 Å². The summed E-state index contributed by atoms with van der Waals surface area (Å²) in [5.41, 5.74) is 10.4. The van der Waals surface area contributed by atoms with Crippen molar-refractivity contribution < 1.29 is 4.39 Å². The van der Waals surface area contributed by atoms with Crippen molar-refractivity contribution in [2.45, 2.75) is 33.2 Å². The largest absolute Gasteiger partial charge is 0.318 e. The maximum atomic E-state index is 14.1. The molecular formula is C17H20FN. The summed E-state index contributed by atoms with van der Waals surface area (Å²) < 4.78 is 14.1. The molecule has 0 amide bonds. The summed E-state index contributed by atoms with van der Waals surface area (Å²) in [6, 6.07) is 11.2. The van der Waals surface area contributed by atoms with Gasteiger partial charge < -0.3 is 5.73 Å². The van der Waals surface area contributed by atoms with E-state index in [4.69, 9.17) is 5.73 Å². The first-order valence-electron chi connectivity index (χ1n) is 6.45. The number of rotatable bonds is 2. The van der Waals surface area contributed by atoms with Gasteiger partial charge >= 0.3 is 0 Å². The van der Waals surface area contributed by atoms with Gasteiger partial charge in [0.05, 0.1) is 5.54 Å². The van der Waals surface area contributed by atoms with Gasteiger partial charge in [0.25, 0.3) is 0 Å². The Hall–Kier alpha value is -1.67. The molecule has 2 heteroatoms. The first kappa shape index (κ1) is 13.8. The van der Waals surface area contributed by atoms with E-state index in [0.717, 1.165) is 22.3 Å². The van der Waals surface area contributed by atoms with E-state index in [1.807, 2.05) is 52.0 Å². The number of halogens is 1. The highest BCUT2D eigenvalue weighted by atomic mass is 19.1. The predicted octanol–water partition coefficient (Wildman–Crippen LogP) is 3.97. The lowest BCUT2D eigenvalue weighted by Gasteiger charge is -2.29. The van der Waals surface area contributed by atoms with Crippen molar-refractivity contribution >= 4 is 0 Å². The maximum absolute atomic E-state index is 14.1. The molecule has 0 aliphatic rings. The summed E-state index contributed by atoms with van der Waals surface area (Å²) in [5.74, 6) is -0.253. The number of nitrogens with two attached hydrogens (primary N) is 1. The van der Waals surface area contributed by atoms with Crippen LogP contribution in [-0.4, -0.2) is 0 Å². The molecule has 100 valence electrons. The van der Waals surface area contributed by atoms with Crippen LogP contribution >= 0.6 is 0 Å². The number of hydrogen-bond acceptors (Lipinski definition) is 1. The normalized spacial score (nSPS) is 14.2. The van der Waals surface area contributed by atoms with E-state index in [0.29, 0.717) is 5.56 Å². The van der Waals surface area contributed by atoms with Crippen molar-refractivity contribution in [3.05, 3.63) is 70.0 Å². The van der Waals surface area contributed by atoms with Gasteiger partial charge in [-0.1, -0.05) is 41.5 Å². The van der Waals surface area contributed by atoms with E-state index in [9.17, 15) is 4.39 Å². The zero-order chi connectivity index (χ0) is 14.2. The number of aryl methyl sites for hydroxylation is 3. The van der Waals surface area contributed by atoms with Crippen LogP contribution in [0.2, 0.25) is 0 Å². The third-order valence-corrected chi connectivity index (χ3v) is 3.63. The van der Waals surface area contributed by atoms with Crippen LogP contribution in [-0.2, 0) is 5.54 Å². The lowest BCUT2D eigenvalue weighted by atomic mass is 9.82. The molecule has 0 saturated heterocycles. The minimum absolute atomic E-state index is 0.253. The zero-order valence-electron chi connectivity index (χ0n) is 11.9. The molecule has 0 radical (unpaired) electrons. The van der Waals surface area contributed by atoms with Crippen LogP contribution in [0.1, 0.15) is 34.7 Å². The van der Waals surface area contributed by atoms with Crippen LogP contribution in [0.4, 0.5) is 4.39 Å². The second kappa shape index (κ2) is 4.78. The van der Waals surface area contributed by atoms with Gasteiger partial charge in [-0.15, -0.1) is 0 Å². The van der Waals surface area contributed by atoms with Crippen LogP contribution < -0.4 is 5.73 Å². The van der Waals surface area contributed by atoms with Gasteiger partial charge in [-0.2, -0.15) is 0 Å². The average molecular weight is 257 g/mol. The van der Waals surface area contributed by atoms with E-state index in [-0.39, 0.29) is 5.82 Å². The van der Waals surface area contributed by atoms with Crippen LogP contribution in [0.5, 0.6) is 0 Å². The Bertz CT molecular complexity index is 561. The Morgan fingerprint density at radius 2 is 1.42 bits per heavy atom. The fourth-order valence-corrected chi connectivity index (χ4v) is 2.48. The standard InChI is InChI=1S/C17H20FN/c1-11-5-7-13(3)14(9-11)17(4,19)15-10-12(2)6-8-16(15)18/h5-10H,19H2,1-4H3. The van der Waals surface area contributed by atoms with Crippen molar-refractivity contribution in [3.63, 3.8) is 0 Å². The second-order valence-corrected chi connectivity index (χ2v) is 5.50. The van der Waals surface area contributed by atoms with Crippen LogP contribution in [0.3, 0.4) is 0 Å². The maximum Gasteiger partial charge on any atom is 0.128 e. The van der Waals surface area contributed by atoms with E-state index in [2.05, 4.69) is 0 Å². The third-order valence-electron chi connectivity index (χ3n) is 3.63. The summed E-state index contributed by atoms with van der Waals surface area (Å²) in [5, 5.41) is 0. The van der Waals surface area contributed by atoms with Crippen molar-refractivity contribution in [3.8, 4) is 0 Å². The molecule has 2 aromatic rings. The highest BCUT2D eigenvalue weighted by Crippen LogP contribution is 2.31. The van der Waals surface area contributed by atoms with Crippen molar-refractivity contribution in [1.29, 1.82) is 0 Å². The van der Waals surface area contributed by atoms with Gasteiger partial charge in [0.1, 0.15) is 5.82 Å². The quantitative estimate of drug-likeness (QED) is 0.865. The van der Waals surface area contributed by atoms with Crippen molar-refractivity contribution in [2.75, 3.05) is 0 Å². The van der Waals surface area contributed by atoms with Crippen molar-refractivity contribution in [2.24, 2.45) is 5.73 Å². The number of hydrogen-bond donors (Lipinski definition) is 1. The van der Waals surface area contributed by atoms with Gasteiger partial charge in [0.15, 0.2) is 0 Å². The second-order valence-electron chi connectivity index (χ2n) is 5.50. The molecule has 1 atom stereocenters. The third kappa shape index (κ3) is 2.54. The molecule has 0 bridgehead atoms. The Labute approximate surface area is 114 Å². The SMILES string of the molecule is Cc1ccc(C)c(C(C)(N)c2cc(C)ccc2F)c1. The molecule has 0 aromatic heterocycles. The molecule has 1 nitrogen and oxygen atoms in total. The Balaban J connectivity index is 2.64. The van der Waals surface area contributed by atoms with Crippen LogP contribution in [0, 0.1) is 26.6 Å². The molecule has 0 fully saturated rings. The van der Waals surface area contributed by atoms with Gasteiger partial charge in [-0.3, -0.25) is 0 Å². The Morgan fingerprint density at radius 3 is 2.05 bits per heavy atom. The fourth-order valence-electron chi connectivity index (χ4n) is 2.48. The molecule has 0 aliphatic carbocycles. The molecular weight excluding hydrogens is 237 g/mol. The highest BCUT2D eigenvalue weighted by molar-refractivity contribution is 5.44. The summed E-state index contributed by atoms with van der Waals surface area (Å²) >= 11 is 0. The fraction of sp³-hybridized carbons (Fsp3) is 0.294. The van der Waals surface area contributed by atoms with Gasteiger partial charge in [-0.05, 0) is 44.9 Å². The van der Waals surface area contributed by atoms with Gasteiger partial charge in [0, 0.05) is 5.56 Å². The Kier molecular flexibility index (Phi) is 3.46. The summed E-state index contributed by atoms with van der Waals surface area (Å²) in [7, 11) is 0. The summed E-state index contributed by atoms with van der Waals surface area (Å²) in [6.07, 6.45) is 0. The lowest BCUT2D eigenvalue weighted by Crippen LogP contribution is -2.36. The average Bonchev–Trinajstić information content (AvgIpc) is 2.35. The van der Waals surface area contributed by atoms with E-state index >= 15 is 0 Å². The molecule has 0 saturated carbocycles. The van der Waals surface area contributed by atoms with Crippen molar-refractivity contribution in [1.82, 2.24) is 0 Å². The van der Waals surface area contributed by atoms with Gasteiger partial charge in [-0.25, -0.2) is 4.39 Å².